The van der Waals surface area contributed by atoms with E-state index in [0.29, 0.717) is 19.1 Å². The average Bonchev–Trinajstić information content (AvgIpc) is 2.86. The van der Waals surface area contributed by atoms with E-state index in [4.69, 9.17) is 16.7 Å². The van der Waals surface area contributed by atoms with Gasteiger partial charge in [0.15, 0.2) is 0 Å². The van der Waals surface area contributed by atoms with E-state index in [-0.39, 0.29) is 12.5 Å². The first-order valence-electron chi connectivity index (χ1n) is 7.43. The van der Waals surface area contributed by atoms with E-state index in [2.05, 4.69) is 4.90 Å². The number of thiophene rings is 1. The van der Waals surface area contributed by atoms with Crippen LogP contribution in [0.3, 0.4) is 0 Å². The molecule has 1 aromatic rings. The molecule has 118 valence electrons. The Morgan fingerprint density at radius 1 is 1.52 bits per heavy atom. The Kier molecular flexibility index (Phi) is 6.48. The topological polar surface area (TPSA) is 43.8 Å². The fourth-order valence-electron chi connectivity index (χ4n) is 2.80. The molecule has 2 rings (SSSR count). The number of rotatable bonds is 6. The fourth-order valence-corrected chi connectivity index (χ4v) is 3.94. The highest BCUT2D eigenvalue weighted by molar-refractivity contribution is 7.16. The van der Waals surface area contributed by atoms with Crippen molar-refractivity contribution in [3.05, 3.63) is 21.3 Å². The van der Waals surface area contributed by atoms with Crippen LogP contribution in [0.1, 0.15) is 30.6 Å². The lowest BCUT2D eigenvalue weighted by Gasteiger charge is -2.35. The highest BCUT2D eigenvalue weighted by Gasteiger charge is 2.25. The van der Waals surface area contributed by atoms with Crippen molar-refractivity contribution in [2.75, 3.05) is 26.7 Å². The van der Waals surface area contributed by atoms with Crippen LogP contribution in [0.5, 0.6) is 0 Å². The van der Waals surface area contributed by atoms with Gasteiger partial charge in [-0.05, 0) is 37.9 Å². The monoisotopic (exact) mass is 330 g/mol. The van der Waals surface area contributed by atoms with E-state index in [1.165, 1.54) is 17.8 Å². The van der Waals surface area contributed by atoms with Crippen LogP contribution in [0.25, 0.3) is 0 Å². The molecule has 1 amide bonds. The first-order valence-corrected chi connectivity index (χ1v) is 8.62. The standard InChI is InChI=1S/C15H23ClN2O2S/c1-17(10-13-5-6-14(16)21-13)15(20)11-18-8-3-2-4-12(18)7-9-19/h5-6,12,19H,2-4,7-11H2,1H3. The molecule has 1 aromatic heterocycles. The molecule has 0 aliphatic carbocycles. The summed E-state index contributed by atoms with van der Waals surface area (Å²) in [4.78, 5) is 17.4. The number of halogens is 1. The van der Waals surface area contributed by atoms with Crippen molar-refractivity contribution in [1.29, 1.82) is 0 Å². The lowest BCUT2D eigenvalue weighted by Crippen LogP contribution is -2.46. The number of carbonyl (C=O) groups is 1. The van der Waals surface area contributed by atoms with Gasteiger partial charge >= 0.3 is 0 Å². The van der Waals surface area contributed by atoms with E-state index in [1.54, 1.807) is 4.90 Å². The third-order valence-electron chi connectivity index (χ3n) is 4.00. The second-order valence-electron chi connectivity index (χ2n) is 5.59. The van der Waals surface area contributed by atoms with Crippen molar-refractivity contribution in [3.63, 3.8) is 0 Å². The number of hydrogen-bond acceptors (Lipinski definition) is 4. The van der Waals surface area contributed by atoms with Gasteiger partial charge in [0.1, 0.15) is 0 Å². The molecular formula is C15H23ClN2O2S. The van der Waals surface area contributed by atoms with Crippen LogP contribution in [0.2, 0.25) is 4.34 Å². The van der Waals surface area contributed by atoms with Crippen molar-refractivity contribution < 1.29 is 9.90 Å². The Bertz CT molecular complexity index is 464. The zero-order valence-corrected chi connectivity index (χ0v) is 14.0. The second kappa shape index (κ2) is 8.13. The Labute approximate surface area is 135 Å². The molecule has 1 unspecified atom stereocenters. The maximum atomic E-state index is 12.4. The Morgan fingerprint density at radius 2 is 2.33 bits per heavy atom. The molecule has 0 aromatic carbocycles. The number of aliphatic hydroxyl groups excluding tert-OH is 1. The summed E-state index contributed by atoms with van der Waals surface area (Å²) < 4.78 is 0.755. The number of likely N-dealkylation sites (N-methyl/N-ethyl adjacent to an activating group) is 1. The maximum absolute atomic E-state index is 12.4. The van der Waals surface area contributed by atoms with E-state index < -0.39 is 0 Å². The van der Waals surface area contributed by atoms with Gasteiger partial charge in [-0.3, -0.25) is 9.69 Å². The van der Waals surface area contributed by atoms with Crippen LogP contribution in [-0.4, -0.2) is 53.6 Å². The van der Waals surface area contributed by atoms with Crippen molar-refractivity contribution in [2.24, 2.45) is 0 Å². The number of aliphatic hydroxyl groups is 1. The van der Waals surface area contributed by atoms with Gasteiger partial charge in [-0.1, -0.05) is 18.0 Å². The largest absolute Gasteiger partial charge is 0.396 e. The summed E-state index contributed by atoms with van der Waals surface area (Å²) in [7, 11) is 1.83. The van der Waals surface area contributed by atoms with Crippen molar-refractivity contribution in [3.8, 4) is 0 Å². The number of amides is 1. The van der Waals surface area contributed by atoms with E-state index in [9.17, 15) is 4.79 Å². The summed E-state index contributed by atoms with van der Waals surface area (Å²) in [5, 5.41) is 9.14. The Balaban J connectivity index is 1.86. The van der Waals surface area contributed by atoms with Crippen molar-refractivity contribution in [2.45, 2.75) is 38.3 Å². The van der Waals surface area contributed by atoms with Gasteiger partial charge in [0.25, 0.3) is 0 Å². The summed E-state index contributed by atoms with van der Waals surface area (Å²) in [5.41, 5.74) is 0. The Morgan fingerprint density at radius 3 is 3.00 bits per heavy atom. The first-order chi connectivity index (χ1) is 10.1. The molecule has 0 radical (unpaired) electrons. The van der Waals surface area contributed by atoms with Crippen molar-refractivity contribution in [1.82, 2.24) is 9.80 Å². The van der Waals surface area contributed by atoms with Gasteiger partial charge in [-0.25, -0.2) is 0 Å². The molecule has 0 bridgehead atoms. The number of piperidine rings is 1. The molecule has 1 aliphatic heterocycles. The first kappa shape index (κ1) is 16.7. The fraction of sp³-hybridized carbons (Fsp3) is 0.667. The molecular weight excluding hydrogens is 308 g/mol. The van der Waals surface area contributed by atoms with Crippen LogP contribution in [0.4, 0.5) is 0 Å². The molecule has 6 heteroatoms. The highest BCUT2D eigenvalue weighted by atomic mass is 35.5. The van der Waals surface area contributed by atoms with Crippen LogP contribution >= 0.6 is 22.9 Å². The SMILES string of the molecule is CN(Cc1ccc(Cl)s1)C(=O)CN1CCCCC1CCO. The molecule has 1 N–H and O–H groups in total. The average molecular weight is 331 g/mol. The number of hydrogen-bond donors (Lipinski definition) is 1. The van der Waals surface area contributed by atoms with Gasteiger partial charge in [0.2, 0.25) is 5.91 Å². The summed E-state index contributed by atoms with van der Waals surface area (Å²) in [6.07, 6.45) is 4.17. The van der Waals surface area contributed by atoms with Gasteiger partial charge in [0.05, 0.1) is 17.4 Å². The van der Waals surface area contributed by atoms with Crippen LogP contribution in [0, 0.1) is 0 Å². The third-order valence-corrected chi connectivity index (χ3v) is 5.21. The van der Waals surface area contributed by atoms with E-state index >= 15 is 0 Å². The van der Waals surface area contributed by atoms with Crippen LogP contribution in [-0.2, 0) is 11.3 Å². The Hall–Kier alpha value is -0.620. The zero-order chi connectivity index (χ0) is 15.2. The lowest BCUT2D eigenvalue weighted by molar-refractivity contribution is -0.132. The molecule has 2 heterocycles. The minimum atomic E-state index is 0.129. The minimum Gasteiger partial charge on any atom is -0.396 e. The smallest absolute Gasteiger partial charge is 0.236 e. The van der Waals surface area contributed by atoms with Gasteiger partial charge < -0.3 is 10.0 Å². The summed E-state index contributed by atoms with van der Waals surface area (Å²) >= 11 is 7.43. The van der Waals surface area contributed by atoms with E-state index in [1.807, 2.05) is 19.2 Å². The van der Waals surface area contributed by atoms with Gasteiger partial charge in [-0.2, -0.15) is 0 Å². The normalized spacial score (nSPS) is 19.7. The molecule has 1 atom stereocenters. The quantitative estimate of drug-likeness (QED) is 0.872. The summed E-state index contributed by atoms with van der Waals surface area (Å²) in [6.45, 7) is 2.20. The molecule has 4 nitrogen and oxygen atoms in total. The number of carbonyl (C=O) groups excluding carboxylic acids is 1. The third kappa shape index (κ3) is 4.95. The molecule has 1 fully saturated rings. The van der Waals surface area contributed by atoms with Gasteiger partial charge in [-0.15, -0.1) is 11.3 Å². The molecule has 21 heavy (non-hydrogen) atoms. The zero-order valence-electron chi connectivity index (χ0n) is 12.4. The molecule has 1 aliphatic rings. The van der Waals surface area contributed by atoms with Gasteiger partial charge in [0, 0.05) is 24.6 Å². The molecule has 0 saturated carbocycles. The predicted octanol–water partition coefficient (Wildman–Crippen LogP) is 2.60. The number of likely N-dealkylation sites (tertiary alicyclic amines) is 1. The van der Waals surface area contributed by atoms with E-state index in [0.717, 1.165) is 35.0 Å². The van der Waals surface area contributed by atoms with Crippen LogP contribution < -0.4 is 0 Å². The molecule has 1 saturated heterocycles. The number of nitrogens with zero attached hydrogens (tertiary/aromatic N) is 2. The minimum absolute atomic E-state index is 0.129. The lowest BCUT2D eigenvalue weighted by atomic mass is 9.99. The second-order valence-corrected chi connectivity index (χ2v) is 7.39. The van der Waals surface area contributed by atoms with Crippen LogP contribution in [0.15, 0.2) is 12.1 Å². The highest BCUT2D eigenvalue weighted by Crippen LogP contribution is 2.23. The summed E-state index contributed by atoms with van der Waals surface area (Å²) in [6, 6.07) is 4.17. The predicted molar refractivity (Wildman–Crippen MR) is 86.7 cm³/mol. The maximum Gasteiger partial charge on any atom is 0.236 e. The summed E-state index contributed by atoms with van der Waals surface area (Å²) in [5.74, 6) is 0.129. The van der Waals surface area contributed by atoms with Crippen molar-refractivity contribution >= 4 is 28.8 Å². The molecule has 0 spiro atoms.